The number of amides is 1. The number of hydrogen-bond donors (Lipinski definition) is 3. The molecular formula is C29H26ClN3O5. The van der Waals surface area contributed by atoms with Gasteiger partial charge in [-0.3, -0.25) is 10.1 Å². The molecule has 1 amide bonds. The van der Waals surface area contributed by atoms with Gasteiger partial charge in [-0.25, -0.2) is 4.79 Å². The number of anilines is 2. The summed E-state index contributed by atoms with van der Waals surface area (Å²) in [5.41, 5.74) is 5.88. The van der Waals surface area contributed by atoms with E-state index in [0.29, 0.717) is 28.4 Å². The fourth-order valence-electron chi connectivity index (χ4n) is 4.66. The Morgan fingerprint density at radius 2 is 1.84 bits per heavy atom. The number of fused-ring (bicyclic) bond motifs is 1. The van der Waals surface area contributed by atoms with E-state index in [4.69, 9.17) is 20.9 Å². The average molecular weight is 532 g/mol. The molecule has 2 atom stereocenters. The summed E-state index contributed by atoms with van der Waals surface area (Å²) in [5.74, 6) is -1.31. The molecule has 3 N–H and O–H groups in total. The molecule has 2 heterocycles. The van der Waals surface area contributed by atoms with E-state index in [-0.39, 0.29) is 0 Å². The summed E-state index contributed by atoms with van der Waals surface area (Å²) in [6.45, 7) is 2.48. The van der Waals surface area contributed by atoms with E-state index < -0.39 is 24.1 Å². The number of carbonyl (C=O) groups is 2. The molecule has 0 spiro atoms. The number of carboxylic acids is 1. The molecule has 0 radical (unpaired) electrons. The third kappa shape index (κ3) is 5.35. The zero-order valence-corrected chi connectivity index (χ0v) is 21.4. The Balaban J connectivity index is 1.31. The molecule has 5 rings (SSSR count). The highest BCUT2D eigenvalue weighted by Crippen LogP contribution is 2.36. The standard InChI is InChI=1S/C29H26ClN3O5/c1-17(21-5-2-3-7-24(21)30)38-29(36)32-26-16-37-33-27(26)19-10-8-18(9-11-19)20-12-13-22-23(28(34)35)6-4-14-31-25(22)15-20/h2-3,5,7-13,15-17,23,31H,4,6,14H2,1H3,(H,32,36)(H,34,35). The molecule has 1 aliphatic rings. The van der Waals surface area contributed by atoms with Crippen molar-refractivity contribution < 1.29 is 24.0 Å². The number of hydrogen-bond acceptors (Lipinski definition) is 6. The zero-order valence-electron chi connectivity index (χ0n) is 20.6. The Labute approximate surface area is 224 Å². The van der Waals surface area contributed by atoms with Gasteiger partial charge in [0, 0.05) is 28.4 Å². The van der Waals surface area contributed by atoms with Crippen LogP contribution in [0.25, 0.3) is 22.4 Å². The van der Waals surface area contributed by atoms with Gasteiger partial charge >= 0.3 is 12.1 Å². The SMILES string of the molecule is CC(OC(=O)Nc1conc1-c1ccc(-c2ccc3c(c2)NCCCC3C(=O)O)cc1)c1ccccc1Cl. The van der Waals surface area contributed by atoms with Crippen LogP contribution in [-0.2, 0) is 9.53 Å². The predicted molar refractivity (Wildman–Crippen MR) is 145 cm³/mol. The largest absolute Gasteiger partial charge is 0.481 e. The van der Waals surface area contributed by atoms with Crippen molar-refractivity contribution in [3.8, 4) is 22.4 Å². The molecule has 1 aliphatic heterocycles. The first kappa shape index (κ1) is 25.4. The molecule has 194 valence electrons. The lowest BCUT2D eigenvalue weighted by molar-refractivity contribution is -0.138. The Bertz CT molecular complexity index is 1470. The summed E-state index contributed by atoms with van der Waals surface area (Å²) in [5, 5.41) is 20.2. The highest BCUT2D eigenvalue weighted by atomic mass is 35.5. The smallest absolute Gasteiger partial charge is 0.412 e. The first-order valence-corrected chi connectivity index (χ1v) is 12.7. The van der Waals surface area contributed by atoms with E-state index in [2.05, 4.69) is 15.8 Å². The van der Waals surface area contributed by atoms with E-state index in [1.54, 1.807) is 19.1 Å². The number of carbonyl (C=O) groups excluding carboxylic acids is 1. The number of rotatable bonds is 6. The van der Waals surface area contributed by atoms with Crippen LogP contribution in [0.1, 0.15) is 42.9 Å². The topological polar surface area (TPSA) is 114 Å². The van der Waals surface area contributed by atoms with Crippen LogP contribution in [0.3, 0.4) is 0 Å². The maximum atomic E-state index is 12.5. The molecule has 0 saturated heterocycles. The van der Waals surface area contributed by atoms with Crippen LogP contribution in [0, 0.1) is 0 Å². The van der Waals surface area contributed by atoms with Crippen LogP contribution in [0.4, 0.5) is 16.2 Å². The number of ether oxygens (including phenoxy) is 1. The van der Waals surface area contributed by atoms with Crippen LogP contribution in [0.15, 0.2) is 77.5 Å². The van der Waals surface area contributed by atoms with E-state index in [1.165, 1.54) is 6.26 Å². The molecule has 2 unspecified atom stereocenters. The number of benzene rings is 3. The molecule has 8 nitrogen and oxygen atoms in total. The number of aromatic nitrogens is 1. The minimum absolute atomic E-state index is 0.378. The van der Waals surface area contributed by atoms with Crippen molar-refractivity contribution in [2.75, 3.05) is 17.2 Å². The molecule has 9 heteroatoms. The number of halogens is 1. The van der Waals surface area contributed by atoms with Crippen LogP contribution >= 0.6 is 11.6 Å². The van der Waals surface area contributed by atoms with Crippen molar-refractivity contribution in [1.82, 2.24) is 5.16 Å². The van der Waals surface area contributed by atoms with Gasteiger partial charge in [0.2, 0.25) is 0 Å². The minimum atomic E-state index is -0.800. The lowest BCUT2D eigenvalue weighted by Gasteiger charge is -2.15. The Morgan fingerprint density at radius 3 is 2.61 bits per heavy atom. The quantitative estimate of drug-likeness (QED) is 0.238. The summed E-state index contributed by atoms with van der Waals surface area (Å²) >= 11 is 6.20. The Kier molecular flexibility index (Phi) is 7.33. The molecule has 0 saturated carbocycles. The second-order valence-corrected chi connectivity index (χ2v) is 9.52. The normalized spacial score (nSPS) is 15.5. The molecule has 0 fully saturated rings. The van der Waals surface area contributed by atoms with Gasteiger partial charge in [-0.05, 0) is 48.6 Å². The van der Waals surface area contributed by atoms with E-state index in [9.17, 15) is 14.7 Å². The highest BCUT2D eigenvalue weighted by Gasteiger charge is 2.25. The monoisotopic (exact) mass is 531 g/mol. The van der Waals surface area contributed by atoms with E-state index in [0.717, 1.165) is 40.9 Å². The first-order chi connectivity index (χ1) is 18.4. The van der Waals surface area contributed by atoms with Crippen molar-refractivity contribution >= 4 is 35.0 Å². The van der Waals surface area contributed by atoms with Gasteiger partial charge in [-0.1, -0.05) is 71.4 Å². The van der Waals surface area contributed by atoms with Gasteiger partial charge in [0.05, 0.1) is 5.92 Å². The van der Waals surface area contributed by atoms with Crippen molar-refractivity contribution in [2.45, 2.75) is 31.8 Å². The van der Waals surface area contributed by atoms with Crippen LogP contribution < -0.4 is 10.6 Å². The third-order valence-electron chi connectivity index (χ3n) is 6.64. The number of aliphatic carboxylic acids is 1. The maximum Gasteiger partial charge on any atom is 0.412 e. The number of nitrogens with zero attached hydrogens (tertiary/aromatic N) is 1. The van der Waals surface area contributed by atoms with Crippen LogP contribution in [0.5, 0.6) is 0 Å². The fraction of sp³-hybridized carbons (Fsp3) is 0.207. The van der Waals surface area contributed by atoms with Crippen LogP contribution in [-0.4, -0.2) is 28.9 Å². The van der Waals surface area contributed by atoms with E-state index >= 15 is 0 Å². The first-order valence-electron chi connectivity index (χ1n) is 12.3. The Hall–Kier alpha value is -4.30. The summed E-state index contributed by atoms with van der Waals surface area (Å²) in [4.78, 5) is 24.3. The van der Waals surface area contributed by atoms with Crippen molar-refractivity contribution in [2.24, 2.45) is 0 Å². The minimum Gasteiger partial charge on any atom is -0.481 e. The molecule has 0 bridgehead atoms. The maximum absolute atomic E-state index is 12.5. The number of carboxylic acid groups (broad SMARTS) is 1. The van der Waals surface area contributed by atoms with Gasteiger partial charge < -0.3 is 19.7 Å². The van der Waals surface area contributed by atoms with E-state index in [1.807, 2.05) is 54.6 Å². The third-order valence-corrected chi connectivity index (χ3v) is 6.98. The summed E-state index contributed by atoms with van der Waals surface area (Å²) in [6.07, 6.45) is 1.56. The average Bonchev–Trinajstić information content (AvgIpc) is 3.25. The predicted octanol–water partition coefficient (Wildman–Crippen LogP) is 7.35. The van der Waals surface area contributed by atoms with Crippen molar-refractivity contribution in [3.63, 3.8) is 0 Å². The molecule has 1 aromatic heterocycles. The molecule has 38 heavy (non-hydrogen) atoms. The zero-order chi connectivity index (χ0) is 26.6. The molecule has 4 aromatic rings. The summed E-state index contributed by atoms with van der Waals surface area (Å²) < 4.78 is 10.6. The lowest BCUT2D eigenvalue weighted by Crippen LogP contribution is -2.16. The van der Waals surface area contributed by atoms with Gasteiger partial charge in [0.1, 0.15) is 23.7 Å². The molecule has 0 aliphatic carbocycles. The van der Waals surface area contributed by atoms with Crippen molar-refractivity contribution in [3.05, 3.63) is 89.1 Å². The van der Waals surface area contributed by atoms with Gasteiger partial charge in [0.25, 0.3) is 0 Å². The lowest BCUT2D eigenvalue weighted by atomic mass is 9.92. The summed E-state index contributed by atoms with van der Waals surface area (Å²) in [6, 6.07) is 20.7. The van der Waals surface area contributed by atoms with Crippen LogP contribution in [0.2, 0.25) is 5.02 Å². The van der Waals surface area contributed by atoms with Gasteiger partial charge in [0.15, 0.2) is 0 Å². The fourth-order valence-corrected chi connectivity index (χ4v) is 4.95. The number of nitrogens with one attached hydrogen (secondary N) is 2. The second-order valence-electron chi connectivity index (χ2n) is 9.11. The highest BCUT2D eigenvalue weighted by molar-refractivity contribution is 6.31. The molecular weight excluding hydrogens is 506 g/mol. The van der Waals surface area contributed by atoms with Gasteiger partial charge in [-0.2, -0.15) is 0 Å². The van der Waals surface area contributed by atoms with Crippen molar-refractivity contribution in [1.29, 1.82) is 0 Å². The molecule has 3 aromatic carbocycles. The second kappa shape index (κ2) is 11.0. The summed E-state index contributed by atoms with van der Waals surface area (Å²) in [7, 11) is 0. The van der Waals surface area contributed by atoms with Gasteiger partial charge in [-0.15, -0.1) is 0 Å². The Morgan fingerprint density at radius 1 is 1.11 bits per heavy atom.